The number of anilines is 2. The number of rotatable bonds is 11. The van der Waals surface area contributed by atoms with Crippen molar-refractivity contribution in [3.05, 3.63) is 153 Å². The Morgan fingerprint density at radius 2 is 1.66 bits per heavy atom. The van der Waals surface area contributed by atoms with E-state index in [4.69, 9.17) is 0 Å². The minimum atomic E-state index is -0.648. The molecule has 6 rings (SSSR count). The van der Waals surface area contributed by atoms with Crippen molar-refractivity contribution < 1.29 is 18.8 Å². The van der Waals surface area contributed by atoms with Crippen LogP contribution in [0, 0.1) is 17.1 Å². The van der Waals surface area contributed by atoms with Gasteiger partial charge in [-0.1, -0.05) is 72.8 Å². The monoisotopic (exact) mass is 701 g/mol. The van der Waals surface area contributed by atoms with Crippen LogP contribution in [0.4, 0.5) is 15.1 Å². The Hall–Kier alpha value is -5.54. The summed E-state index contributed by atoms with van der Waals surface area (Å²) in [6.45, 7) is 2.38. The number of amides is 3. The highest BCUT2D eigenvalue weighted by molar-refractivity contribution is 8.00. The van der Waals surface area contributed by atoms with Gasteiger partial charge in [0.05, 0.1) is 11.3 Å². The van der Waals surface area contributed by atoms with Crippen LogP contribution < -0.4 is 16.0 Å². The van der Waals surface area contributed by atoms with Crippen LogP contribution in [0.1, 0.15) is 37.5 Å². The Morgan fingerprint density at radius 3 is 2.42 bits per heavy atom. The van der Waals surface area contributed by atoms with Crippen LogP contribution in [0.3, 0.4) is 0 Å². The molecular formula is C39H32FN5O3S2. The summed E-state index contributed by atoms with van der Waals surface area (Å²) >= 11 is 2.73. The van der Waals surface area contributed by atoms with Crippen LogP contribution in [0.15, 0.2) is 120 Å². The van der Waals surface area contributed by atoms with Crippen molar-refractivity contribution in [2.45, 2.75) is 24.4 Å². The van der Waals surface area contributed by atoms with Crippen molar-refractivity contribution in [2.75, 3.05) is 22.9 Å². The number of hydrogen-bond donors (Lipinski definition) is 3. The van der Waals surface area contributed by atoms with Gasteiger partial charge in [-0.2, -0.15) is 5.26 Å². The average Bonchev–Trinajstić information content (AvgIpc) is 3.48. The summed E-state index contributed by atoms with van der Waals surface area (Å²) in [4.78, 5) is 43.5. The highest BCUT2D eigenvalue weighted by Crippen LogP contribution is 2.37. The number of halogens is 1. The van der Waals surface area contributed by atoms with Crippen LogP contribution in [0.25, 0.3) is 6.08 Å². The molecule has 4 aromatic carbocycles. The number of hydrogen-bond acceptors (Lipinski definition) is 7. The molecule has 5 aromatic rings. The predicted octanol–water partition coefficient (Wildman–Crippen LogP) is 7.46. The molecule has 1 aliphatic heterocycles. The third-order valence-corrected chi connectivity index (χ3v) is 10.1. The molecule has 11 heteroatoms. The number of nitriles is 1. The molecule has 50 heavy (non-hydrogen) atoms. The van der Waals surface area contributed by atoms with E-state index < -0.39 is 17.6 Å². The molecule has 1 aliphatic rings. The van der Waals surface area contributed by atoms with Crippen LogP contribution >= 0.6 is 23.1 Å². The molecule has 0 aliphatic carbocycles. The molecule has 2 heterocycles. The molecule has 0 saturated heterocycles. The van der Waals surface area contributed by atoms with Gasteiger partial charge in [0.1, 0.15) is 22.6 Å². The summed E-state index contributed by atoms with van der Waals surface area (Å²) in [5.74, 6) is -1.88. The maximum Gasteiger partial charge on any atom is 0.272 e. The zero-order valence-corrected chi connectivity index (χ0v) is 28.5. The normalized spacial score (nSPS) is 12.8. The minimum absolute atomic E-state index is 0.0799. The smallest absolute Gasteiger partial charge is 0.272 e. The van der Waals surface area contributed by atoms with E-state index in [1.54, 1.807) is 54.6 Å². The SMILES string of the molecule is N#Cc1c(NC(=O)CSc2cccc(NC(=O)/C(=C/c3ccccc3F)NC(=O)c3ccccc3)c2)sc2c1CCN(Cc1ccccc1)C2. The number of carbonyl (C=O) groups is 3. The molecule has 250 valence electrons. The summed E-state index contributed by atoms with van der Waals surface area (Å²) in [6, 6.07) is 33.8. The first-order valence-electron chi connectivity index (χ1n) is 15.8. The largest absolute Gasteiger partial charge is 0.321 e. The molecule has 0 spiro atoms. The summed E-state index contributed by atoms with van der Waals surface area (Å²) in [7, 11) is 0. The number of benzene rings is 4. The second kappa shape index (κ2) is 16.2. The van der Waals surface area contributed by atoms with Gasteiger partial charge in [-0.05, 0) is 60.0 Å². The Labute approximate surface area is 297 Å². The molecule has 0 saturated carbocycles. The summed E-state index contributed by atoms with van der Waals surface area (Å²) in [5.41, 5.74) is 3.53. The van der Waals surface area contributed by atoms with E-state index in [1.165, 1.54) is 52.9 Å². The number of thioether (sulfide) groups is 1. The van der Waals surface area contributed by atoms with Crippen molar-refractivity contribution in [2.24, 2.45) is 0 Å². The quantitative estimate of drug-likeness (QED) is 0.0974. The molecular weight excluding hydrogens is 670 g/mol. The number of nitrogens with zero attached hydrogens (tertiary/aromatic N) is 2. The molecule has 0 radical (unpaired) electrons. The van der Waals surface area contributed by atoms with Gasteiger partial charge in [-0.15, -0.1) is 23.1 Å². The van der Waals surface area contributed by atoms with Crippen molar-refractivity contribution in [1.82, 2.24) is 10.2 Å². The molecule has 0 unspecified atom stereocenters. The van der Waals surface area contributed by atoms with Gasteiger partial charge < -0.3 is 16.0 Å². The van der Waals surface area contributed by atoms with E-state index in [0.717, 1.165) is 36.5 Å². The Morgan fingerprint density at radius 1 is 0.920 bits per heavy atom. The van der Waals surface area contributed by atoms with Crippen molar-refractivity contribution in [1.29, 1.82) is 5.26 Å². The van der Waals surface area contributed by atoms with Crippen molar-refractivity contribution >= 4 is 57.6 Å². The van der Waals surface area contributed by atoms with Gasteiger partial charge in [0.25, 0.3) is 11.8 Å². The molecule has 0 fully saturated rings. The lowest BCUT2D eigenvalue weighted by atomic mass is 10.0. The van der Waals surface area contributed by atoms with E-state index in [1.807, 2.05) is 24.3 Å². The molecule has 0 bridgehead atoms. The molecule has 0 atom stereocenters. The third kappa shape index (κ3) is 8.73. The lowest BCUT2D eigenvalue weighted by Crippen LogP contribution is -2.30. The first-order chi connectivity index (χ1) is 24.4. The first-order valence-corrected chi connectivity index (χ1v) is 17.6. The van der Waals surface area contributed by atoms with Gasteiger partial charge in [0.2, 0.25) is 5.91 Å². The lowest BCUT2D eigenvalue weighted by molar-refractivity contribution is -0.114. The van der Waals surface area contributed by atoms with E-state index in [2.05, 4.69) is 39.1 Å². The molecule has 3 N–H and O–H groups in total. The van der Waals surface area contributed by atoms with Gasteiger partial charge in [0.15, 0.2) is 0 Å². The summed E-state index contributed by atoms with van der Waals surface area (Å²) < 4.78 is 14.5. The van der Waals surface area contributed by atoms with Crippen LogP contribution in [0.5, 0.6) is 0 Å². The number of thiophene rings is 1. The van der Waals surface area contributed by atoms with Crippen LogP contribution in [-0.2, 0) is 29.1 Å². The Balaban J connectivity index is 1.09. The highest BCUT2D eigenvalue weighted by atomic mass is 32.2. The number of carbonyl (C=O) groups excluding carboxylic acids is 3. The number of nitrogens with one attached hydrogen (secondary N) is 3. The van der Waals surface area contributed by atoms with Gasteiger partial charge in [-0.25, -0.2) is 4.39 Å². The molecule has 8 nitrogen and oxygen atoms in total. The zero-order valence-electron chi connectivity index (χ0n) is 26.8. The van der Waals surface area contributed by atoms with E-state index in [0.29, 0.717) is 26.7 Å². The van der Waals surface area contributed by atoms with Crippen molar-refractivity contribution in [3.63, 3.8) is 0 Å². The fourth-order valence-corrected chi connectivity index (χ4v) is 7.51. The fraction of sp³-hybridized carbons (Fsp3) is 0.128. The predicted molar refractivity (Wildman–Crippen MR) is 196 cm³/mol. The standard InChI is InChI=1S/C39H32FN5O3S2/c40-33-17-8-7-14-28(33)20-34(43-37(47)27-12-5-2-6-13-27)38(48)42-29-15-9-16-30(21-29)49-25-36(46)44-39-32(22-41)31-18-19-45(24-35(31)50-39)23-26-10-3-1-4-11-26/h1-17,20-21H,18-19,23-25H2,(H,42,48)(H,43,47)(H,44,46)/b34-20-. The minimum Gasteiger partial charge on any atom is -0.321 e. The summed E-state index contributed by atoms with van der Waals surface area (Å²) in [5, 5.41) is 18.8. The Bertz CT molecular complexity index is 2090. The lowest BCUT2D eigenvalue weighted by Gasteiger charge is -2.26. The second-order valence-corrected chi connectivity index (χ2v) is 13.6. The number of fused-ring (bicyclic) bond motifs is 1. The zero-order chi connectivity index (χ0) is 34.9. The van der Waals surface area contributed by atoms with Gasteiger partial charge in [-0.3, -0.25) is 19.3 Å². The average molecular weight is 702 g/mol. The maximum absolute atomic E-state index is 14.5. The fourth-order valence-electron chi connectivity index (χ4n) is 5.50. The van der Waals surface area contributed by atoms with Crippen LogP contribution in [-0.4, -0.2) is 34.9 Å². The van der Waals surface area contributed by atoms with Gasteiger partial charge >= 0.3 is 0 Å². The Kier molecular flexibility index (Phi) is 11.1. The van der Waals surface area contributed by atoms with E-state index in [-0.39, 0.29) is 22.9 Å². The first kappa shape index (κ1) is 34.3. The molecule has 3 amide bonds. The summed E-state index contributed by atoms with van der Waals surface area (Å²) in [6.07, 6.45) is 2.03. The van der Waals surface area contributed by atoms with E-state index in [9.17, 15) is 24.0 Å². The highest BCUT2D eigenvalue weighted by Gasteiger charge is 2.25. The van der Waals surface area contributed by atoms with E-state index >= 15 is 0 Å². The van der Waals surface area contributed by atoms with Crippen LogP contribution in [0.2, 0.25) is 0 Å². The third-order valence-electron chi connectivity index (χ3n) is 7.95. The maximum atomic E-state index is 14.5. The van der Waals surface area contributed by atoms with Gasteiger partial charge in [0, 0.05) is 46.2 Å². The topological polar surface area (TPSA) is 114 Å². The molecule has 1 aromatic heterocycles. The van der Waals surface area contributed by atoms with Crippen molar-refractivity contribution in [3.8, 4) is 6.07 Å². The second-order valence-electron chi connectivity index (χ2n) is 11.5.